The van der Waals surface area contributed by atoms with Crippen LogP contribution in [0, 0.1) is 11.8 Å². The fraction of sp³-hybridized carbons (Fsp3) is 0.750. The normalized spacial score (nSPS) is 14.7. The molecule has 9 heteroatoms. The number of nitrogens with one attached hydrogen (secondary N) is 1. The van der Waals surface area contributed by atoms with Crippen molar-refractivity contribution in [1.82, 2.24) is 5.32 Å². The fourth-order valence-corrected chi connectivity index (χ4v) is 1.65. The number of nitrogens with two attached hydrogens (primary N) is 2. The number of carbonyl (C=O) groups is 1. The second-order valence-electron chi connectivity index (χ2n) is 3.90. The topological polar surface area (TPSA) is 148 Å². The number of sulfonamides is 1. The van der Waals surface area contributed by atoms with Crippen molar-refractivity contribution in [2.24, 2.45) is 27.9 Å². The number of amides is 1. The van der Waals surface area contributed by atoms with Gasteiger partial charge < -0.3 is 16.3 Å². The van der Waals surface area contributed by atoms with Crippen molar-refractivity contribution in [2.45, 2.75) is 13.8 Å². The molecule has 17 heavy (non-hydrogen) atoms. The quantitative estimate of drug-likeness (QED) is 0.198. The second kappa shape index (κ2) is 6.40. The van der Waals surface area contributed by atoms with Crippen LogP contribution in [0.25, 0.3) is 0 Å². The number of amidine groups is 1. The number of hydrogen-bond donors (Lipinski definition) is 4. The molecule has 0 aliphatic rings. The molecule has 0 aliphatic heterocycles. The van der Waals surface area contributed by atoms with Crippen LogP contribution in [0.2, 0.25) is 0 Å². The van der Waals surface area contributed by atoms with Crippen LogP contribution in [0.3, 0.4) is 0 Å². The Morgan fingerprint density at radius 1 is 1.47 bits per heavy atom. The van der Waals surface area contributed by atoms with Crippen molar-refractivity contribution in [3.05, 3.63) is 0 Å². The molecule has 1 atom stereocenters. The van der Waals surface area contributed by atoms with E-state index < -0.39 is 21.8 Å². The van der Waals surface area contributed by atoms with Crippen molar-refractivity contribution in [3.63, 3.8) is 0 Å². The lowest BCUT2D eigenvalue weighted by Crippen LogP contribution is -2.43. The Hall–Kier alpha value is -1.35. The van der Waals surface area contributed by atoms with Crippen LogP contribution >= 0.6 is 0 Å². The van der Waals surface area contributed by atoms with E-state index in [-0.39, 0.29) is 24.1 Å². The van der Waals surface area contributed by atoms with E-state index in [0.29, 0.717) is 0 Å². The van der Waals surface area contributed by atoms with Crippen LogP contribution in [-0.4, -0.2) is 37.7 Å². The highest BCUT2D eigenvalue weighted by Crippen LogP contribution is 2.10. The summed E-state index contributed by atoms with van der Waals surface area (Å²) in [6, 6.07) is 0. The Bertz CT molecular complexity index is 390. The molecule has 6 N–H and O–H groups in total. The second-order valence-corrected chi connectivity index (χ2v) is 5.64. The maximum absolute atomic E-state index is 11.7. The number of primary sulfonamides is 1. The Morgan fingerprint density at radius 2 is 2.00 bits per heavy atom. The Labute approximate surface area is 100 Å². The van der Waals surface area contributed by atoms with E-state index in [9.17, 15) is 13.2 Å². The van der Waals surface area contributed by atoms with Crippen LogP contribution in [-0.2, 0) is 14.8 Å². The van der Waals surface area contributed by atoms with Gasteiger partial charge in [-0.25, -0.2) is 13.6 Å². The Balaban J connectivity index is 4.46. The molecule has 0 aromatic heterocycles. The van der Waals surface area contributed by atoms with Crippen LogP contribution in [0.15, 0.2) is 5.16 Å². The molecule has 0 saturated heterocycles. The average Bonchev–Trinajstić information content (AvgIpc) is 2.14. The maximum atomic E-state index is 11.7. The van der Waals surface area contributed by atoms with Gasteiger partial charge in [0, 0.05) is 6.54 Å². The molecule has 8 nitrogen and oxygen atoms in total. The van der Waals surface area contributed by atoms with Gasteiger partial charge in [-0.15, -0.1) is 0 Å². The first-order valence-electron chi connectivity index (χ1n) is 4.94. The molecule has 0 aliphatic carbocycles. The third-order valence-electron chi connectivity index (χ3n) is 2.07. The predicted octanol–water partition coefficient (Wildman–Crippen LogP) is -1.59. The van der Waals surface area contributed by atoms with E-state index in [1.807, 2.05) is 0 Å². The van der Waals surface area contributed by atoms with Crippen molar-refractivity contribution >= 4 is 21.8 Å². The minimum Gasteiger partial charge on any atom is -0.409 e. The smallest absolute Gasteiger partial charge is 0.231 e. The van der Waals surface area contributed by atoms with E-state index >= 15 is 0 Å². The number of hydrogen-bond acceptors (Lipinski definition) is 5. The van der Waals surface area contributed by atoms with E-state index in [4.69, 9.17) is 16.1 Å². The summed E-state index contributed by atoms with van der Waals surface area (Å²) in [6.45, 7) is 3.34. The zero-order valence-electron chi connectivity index (χ0n) is 9.75. The number of oxime groups is 1. The number of nitrogens with zero attached hydrogens (tertiary/aromatic N) is 1. The molecular formula is C8H18N4O4S. The van der Waals surface area contributed by atoms with Crippen LogP contribution in [0.4, 0.5) is 0 Å². The zero-order chi connectivity index (χ0) is 13.6. The summed E-state index contributed by atoms with van der Waals surface area (Å²) in [5.74, 6) is -2.06. The molecule has 0 rings (SSSR count). The monoisotopic (exact) mass is 266 g/mol. The summed E-state index contributed by atoms with van der Waals surface area (Å²) in [7, 11) is -3.62. The molecular weight excluding hydrogens is 248 g/mol. The first-order chi connectivity index (χ1) is 7.69. The molecule has 0 heterocycles. The standard InChI is InChI=1S/C8H18N4O4S/c1-5(2)6(7(9)12-14)8(13)11-3-4-17(10,15)16/h5-6,14H,3-4H2,1-2H3,(H2,9,12)(H,11,13)(H2,10,15,16). The molecule has 1 amide bonds. The van der Waals surface area contributed by atoms with E-state index in [2.05, 4.69) is 10.5 Å². The molecule has 0 fully saturated rings. The number of rotatable bonds is 6. The van der Waals surface area contributed by atoms with Gasteiger partial charge in [0.25, 0.3) is 0 Å². The van der Waals surface area contributed by atoms with Crippen LogP contribution in [0.1, 0.15) is 13.8 Å². The van der Waals surface area contributed by atoms with Gasteiger partial charge >= 0.3 is 0 Å². The lowest BCUT2D eigenvalue weighted by Gasteiger charge is -2.18. The van der Waals surface area contributed by atoms with Crippen LogP contribution in [0.5, 0.6) is 0 Å². The van der Waals surface area contributed by atoms with Gasteiger partial charge in [0.2, 0.25) is 15.9 Å². The fourth-order valence-electron chi connectivity index (χ4n) is 1.27. The summed E-state index contributed by atoms with van der Waals surface area (Å²) < 4.78 is 21.3. The molecule has 0 spiro atoms. The summed E-state index contributed by atoms with van der Waals surface area (Å²) in [5, 5.41) is 18.4. The first kappa shape index (κ1) is 15.7. The van der Waals surface area contributed by atoms with Gasteiger partial charge in [-0.2, -0.15) is 0 Å². The lowest BCUT2D eigenvalue weighted by atomic mass is 9.94. The van der Waals surface area contributed by atoms with Crippen molar-refractivity contribution < 1.29 is 18.4 Å². The first-order valence-corrected chi connectivity index (χ1v) is 6.66. The van der Waals surface area contributed by atoms with E-state index in [0.717, 1.165) is 0 Å². The molecule has 0 radical (unpaired) electrons. The highest BCUT2D eigenvalue weighted by molar-refractivity contribution is 7.89. The van der Waals surface area contributed by atoms with Gasteiger partial charge in [-0.05, 0) is 5.92 Å². The Morgan fingerprint density at radius 3 is 2.35 bits per heavy atom. The summed E-state index contributed by atoms with van der Waals surface area (Å²) in [4.78, 5) is 11.7. The summed E-state index contributed by atoms with van der Waals surface area (Å²) in [6.07, 6.45) is 0. The Kier molecular flexibility index (Phi) is 5.89. The third kappa shape index (κ3) is 6.07. The minimum absolute atomic E-state index is 0.112. The average molecular weight is 266 g/mol. The summed E-state index contributed by atoms with van der Waals surface area (Å²) in [5.41, 5.74) is 5.37. The van der Waals surface area contributed by atoms with Crippen molar-refractivity contribution in [2.75, 3.05) is 12.3 Å². The highest BCUT2D eigenvalue weighted by atomic mass is 32.2. The molecule has 0 bridgehead atoms. The lowest BCUT2D eigenvalue weighted by molar-refractivity contribution is -0.123. The van der Waals surface area contributed by atoms with Gasteiger partial charge in [0.15, 0.2) is 5.84 Å². The van der Waals surface area contributed by atoms with E-state index in [1.165, 1.54) is 0 Å². The van der Waals surface area contributed by atoms with E-state index in [1.54, 1.807) is 13.8 Å². The number of carbonyl (C=O) groups excluding carboxylic acids is 1. The molecule has 0 aromatic rings. The van der Waals surface area contributed by atoms with Crippen molar-refractivity contribution in [3.8, 4) is 0 Å². The molecule has 0 saturated carbocycles. The largest absolute Gasteiger partial charge is 0.409 e. The third-order valence-corrected chi connectivity index (χ3v) is 2.84. The zero-order valence-corrected chi connectivity index (χ0v) is 10.6. The molecule has 0 aromatic carbocycles. The van der Waals surface area contributed by atoms with Gasteiger partial charge in [0.05, 0.1) is 5.75 Å². The summed E-state index contributed by atoms with van der Waals surface area (Å²) >= 11 is 0. The highest BCUT2D eigenvalue weighted by Gasteiger charge is 2.26. The SMILES string of the molecule is CC(C)C(C(=O)NCCS(N)(=O)=O)C(N)=NO. The minimum atomic E-state index is -3.62. The van der Waals surface area contributed by atoms with Crippen molar-refractivity contribution in [1.29, 1.82) is 0 Å². The maximum Gasteiger partial charge on any atom is 0.231 e. The van der Waals surface area contributed by atoms with Gasteiger partial charge in [-0.3, -0.25) is 4.79 Å². The van der Waals surface area contributed by atoms with Crippen LogP contribution < -0.4 is 16.2 Å². The van der Waals surface area contributed by atoms with Gasteiger partial charge in [0.1, 0.15) is 5.92 Å². The van der Waals surface area contributed by atoms with Gasteiger partial charge in [-0.1, -0.05) is 19.0 Å². The molecule has 100 valence electrons. The molecule has 1 unspecified atom stereocenters. The predicted molar refractivity (Wildman–Crippen MR) is 62.7 cm³/mol.